The second kappa shape index (κ2) is 6.18. The minimum atomic E-state index is -4.34. The molecule has 1 unspecified atom stereocenters. The molecule has 0 aliphatic heterocycles. The van der Waals surface area contributed by atoms with E-state index in [1.165, 1.54) is 12.1 Å². The van der Waals surface area contributed by atoms with Crippen LogP contribution in [0.5, 0.6) is 5.75 Å². The minimum Gasteiger partial charge on any atom is -0.494 e. The smallest absolute Gasteiger partial charge is 0.416 e. The average Bonchev–Trinajstić information content (AvgIpc) is 2.47. The molecule has 0 fully saturated rings. The van der Waals surface area contributed by atoms with Crippen LogP contribution in [0.25, 0.3) is 0 Å². The van der Waals surface area contributed by atoms with Gasteiger partial charge in [0.05, 0.1) is 18.2 Å². The van der Waals surface area contributed by atoms with E-state index in [1.54, 1.807) is 6.07 Å². The number of alkyl halides is 3. The van der Waals surface area contributed by atoms with E-state index in [0.29, 0.717) is 17.9 Å². The number of hydrogen-bond donors (Lipinski definition) is 1. The van der Waals surface area contributed by atoms with Gasteiger partial charge in [-0.3, -0.25) is 0 Å². The Morgan fingerprint density at radius 2 is 1.67 bits per heavy atom. The summed E-state index contributed by atoms with van der Waals surface area (Å²) in [6, 6.07) is 11.6. The Morgan fingerprint density at radius 1 is 1.05 bits per heavy atom. The summed E-state index contributed by atoms with van der Waals surface area (Å²) < 4.78 is 43.2. The van der Waals surface area contributed by atoms with Crippen LogP contribution in [0.1, 0.15) is 29.7 Å². The van der Waals surface area contributed by atoms with E-state index in [0.717, 1.165) is 17.7 Å². The van der Waals surface area contributed by atoms with E-state index < -0.39 is 17.8 Å². The van der Waals surface area contributed by atoms with E-state index in [9.17, 15) is 13.2 Å². The molecule has 0 aromatic heterocycles. The van der Waals surface area contributed by atoms with Crippen molar-refractivity contribution in [3.63, 3.8) is 0 Å². The van der Waals surface area contributed by atoms with E-state index >= 15 is 0 Å². The van der Waals surface area contributed by atoms with Gasteiger partial charge in [-0.25, -0.2) is 0 Å². The van der Waals surface area contributed by atoms with Crippen molar-refractivity contribution in [2.45, 2.75) is 19.1 Å². The first kappa shape index (κ1) is 15.4. The third-order valence-corrected chi connectivity index (χ3v) is 3.15. The zero-order valence-electron chi connectivity index (χ0n) is 11.5. The van der Waals surface area contributed by atoms with Gasteiger partial charge in [-0.15, -0.1) is 0 Å². The van der Waals surface area contributed by atoms with E-state index in [4.69, 9.17) is 10.5 Å². The summed E-state index contributed by atoms with van der Waals surface area (Å²) in [7, 11) is 0. The summed E-state index contributed by atoms with van der Waals surface area (Å²) in [6.45, 7) is 2.36. The number of halogens is 3. The molecule has 2 nitrogen and oxygen atoms in total. The molecule has 0 spiro atoms. The third-order valence-electron chi connectivity index (χ3n) is 3.15. The van der Waals surface area contributed by atoms with Crippen molar-refractivity contribution in [3.8, 4) is 5.75 Å². The molecular weight excluding hydrogens is 279 g/mol. The molecule has 0 saturated carbocycles. The number of nitrogens with two attached hydrogens (primary N) is 1. The SMILES string of the molecule is CCOc1ccccc1C(N)c1ccc(C(F)(F)F)cc1. The van der Waals surface area contributed by atoms with Crippen LogP contribution in [0, 0.1) is 0 Å². The predicted octanol–water partition coefficient (Wildman–Crippen LogP) is 4.15. The Hall–Kier alpha value is -2.01. The zero-order chi connectivity index (χ0) is 15.5. The summed E-state index contributed by atoms with van der Waals surface area (Å²) >= 11 is 0. The monoisotopic (exact) mass is 295 g/mol. The number of ether oxygens (including phenoxy) is 1. The quantitative estimate of drug-likeness (QED) is 0.919. The van der Waals surface area contributed by atoms with Gasteiger partial charge in [-0.1, -0.05) is 30.3 Å². The summed E-state index contributed by atoms with van der Waals surface area (Å²) in [4.78, 5) is 0. The number of para-hydroxylation sites is 1. The highest BCUT2D eigenvalue weighted by molar-refractivity contribution is 5.42. The molecule has 0 radical (unpaired) electrons. The van der Waals surface area contributed by atoms with Crippen LogP contribution in [-0.4, -0.2) is 6.61 Å². The van der Waals surface area contributed by atoms with Crippen molar-refractivity contribution in [1.29, 1.82) is 0 Å². The van der Waals surface area contributed by atoms with Gasteiger partial charge < -0.3 is 10.5 Å². The highest BCUT2D eigenvalue weighted by atomic mass is 19.4. The van der Waals surface area contributed by atoms with Crippen molar-refractivity contribution in [1.82, 2.24) is 0 Å². The molecule has 2 aromatic rings. The van der Waals surface area contributed by atoms with Crippen LogP contribution in [0.15, 0.2) is 48.5 Å². The van der Waals surface area contributed by atoms with Crippen LogP contribution in [0.4, 0.5) is 13.2 Å². The highest BCUT2D eigenvalue weighted by Gasteiger charge is 2.30. The molecule has 2 aromatic carbocycles. The van der Waals surface area contributed by atoms with Crippen LogP contribution in [-0.2, 0) is 6.18 Å². The number of hydrogen-bond acceptors (Lipinski definition) is 2. The Bertz CT molecular complexity index is 593. The Labute approximate surface area is 121 Å². The predicted molar refractivity (Wildman–Crippen MR) is 75.1 cm³/mol. The first-order valence-electron chi connectivity index (χ1n) is 6.58. The van der Waals surface area contributed by atoms with Crippen LogP contribution >= 0.6 is 0 Å². The second-order valence-corrected chi connectivity index (χ2v) is 4.57. The summed E-state index contributed by atoms with van der Waals surface area (Å²) in [5.74, 6) is 0.646. The van der Waals surface area contributed by atoms with Gasteiger partial charge in [0.1, 0.15) is 5.75 Å². The van der Waals surface area contributed by atoms with Gasteiger partial charge in [0, 0.05) is 5.56 Å². The van der Waals surface area contributed by atoms with Crippen molar-refractivity contribution < 1.29 is 17.9 Å². The lowest BCUT2D eigenvalue weighted by Gasteiger charge is -2.17. The van der Waals surface area contributed by atoms with E-state index in [2.05, 4.69) is 0 Å². The molecule has 0 aliphatic carbocycles. The van der Waals surface area contributed by atoms with Gasteiger partial charge in [-0.2, -0.15) is 13.2 Å². The van der Waals surface area contributed by atoms with E-state index in [-0.39, 0.29) is 0 Å². The highest BCUT2D eigenvalue weighted by Crippen LogP contribution is 2.32. The van der Waals surface area contributed by atoms with Crippen molar-refractivity contribution in [3.05, 3.63) is 65.2 Å². The molecule has 21 heavy (non-hydrogen) atoms. The number of rotatable bonds is 4. The second-order valence-electron chi connectivity index (χ2n) is 4.57. The molecule has 112 valence electrons. The first-order valence-corrected chi connectivity index (χ1v) is 6.58. The Morgan fingerprint density at radius 3 is 2.24 bits per heavy atom. The lowest BCUT2D eigenvalue weighted by atomic mass is 9.97. The average molecular weight is 295 g/mol. The number of benzene rings is 2. The Kier molecular flexibility index (Phi) is 4.53. The van der Waals surface area contributed by atoms with Gasteiger partial charge in [0.15, 0.2) is 0 Å². The molecule has 5 heteroatoms. The van der Waals surface area contributed by atoms with Crippen LogP contribution in [0.3, 0.4) is 0 Å². The van der Waals surface area contributed by atoms with Crippen molar-refractivity contribution >= 4 is 0 Å². The summed E-state index contributed by atoms with van der Waals surface area (Å²) in [6.07, 6.45) is -4.34. The summed E-state index contributed by atoms with van der Waals surface area (Å²) in [5.41, 5.74) is 6.82. The maximum atomic E-state index is 12.6. The fourth-order valence-electron chi connectivity index (χ4n) is 2.08. The topological polar surface area (TPSA) is 35.2 Å². The lowest BCUT2D eigenvalue weighted by molar-refractivity contribution is -0.137. The van der Waals surface area contributed by atoms with Gasteiger partial charge in [0.2, 0.25) is 0 Å². The molecule has 0 saturated heterocycles. The molecule has 2 N–H and O–H groups in total. The maximum Gasteiger partial charge on any atom is 0.416 e. The zero-order valence-corrected chi connectivity index (χ0v) is 11.5. The van der Waals surface area contributed by atoms with Gasteiger partial charge in [-0.05, 0) is 30.7 Å². The fraction of sp³-hybridized carbons (Fsp3) is 0.250. The standard InChI is InChI=1S/C16H16F3NO/c1-2-21-14-6-4-3-5-13(14)15(20)11-7-9-12(10-8-11)16(17,18)19/h3-10,15H,2,20H2,1H3. The Balaban J connectivity index is 2.30. The molecule has 1 atom stereocenters. The van der Waals surface area contributed by atoms with Gasteiger partial charge in [0.25, 0.3) is 0 Å². The molecule has 0 aliphatic rings. The van der Waals surface area contributed by atoms with Crippen molar-refractivity contribution in [2.75, 3.05) is 6.61 Å². The third kappa shape index (κ3) is 3.55. The van der Waals surface area contributed by atoms with Crippen LogP contribution < -0.4 is 10.5 Å². The summed E-state index contributed by atoms with van der Waals surface area (Å²) in [5, 5.41) is 0. The fourth-order valence-corrected chi connectivity index (χ4v) is 2.08. The van der Waals surface area contributed by atoms with Gasteiger partial charge >= 0.3 is 6.18 Å². The van der Waals surface area contributed by atoms with Crippen molar-refractivity contribution in [2.24, 2.45) is 5.73 Å². The van der Waals surface area contributed by atoms with E-state index in [1.807, 2.05) is 25.1 Å². The molecular formula is C16H16F3NO. The molecule has 0 amide bonds. The largest absolute Gasteiger partial charge is 0.494 e. The minimum absolute atomic E-state index is 0.497. The first-order chi connectivity index (χ1) is 9.93. The molecule has 0 heterocycles. The normalized spacial score (nSPS) is 13.0. The van der Waals surface area contributed by atoms with Crippen LogP contribution in [0.2, 0.25) is 0 Å². The maximum absolute atomic E-state index is 12.6. The lowest BCUT2D eigenvalue weighted by Crippen LogP contribution is -2.14. The molecule has 2 rings (SSSR count). The molecule has 0 bridgehead atoms.